The number of nitrogens with one attached hydrogen (secondary N) is 1. The smallest absolute Gasteiger partial charge is 0.202 e. The van der Waals surface area contributed by atoms with Crippen LogP contribution in [0.3, 0.4) is 0 Å². The van der Waals surface area contributed by atoms with Crippen LogP contribution in [0.4, 0.5) is 0 Å². The molecule has 0 bridgehead atoms. The van der Waals surface area contributed by atoms with Gasteiger partial charge in [-0.15, -0.1) is 24.0 Å². The van der Waals surface area contributed by atoms with E-state index in [1.807, 2.05) is 24.3 Å². The molecule has 0 aliphatic rings. The minimum atomic E-state index is 0. The fraction of sp³-hybridized carbons (Fsp3) is 0.240. The largest absolute Gasteiger partial charge is 0.310 e. The third kappa shape index (κ3) is 5.93. The standard InChI is InChI=1S/C25H25Cl2N3.HI/c26-21-13-9-19(10-14-21)5-3-17-29-23-7-1-2-8-24(23)30(25(29)28)18-4-6-20-11-15-22(27)16-12-20;/h1-2,7-16,28H,3-6,17-18H2;1H. The molecular weight excluding hydrogens is 540 g/mol. The molecule has 0 saturated heterocycles. The van der Waals surface area contributed by atoms with E-state index in [1.54, 1.807) is 0 Å². The molecule has 31 heavy (non-hydrogen) atoms. The van der Waals surface area contributed by atoms with E-state index in [2.05, 4.69) is 57.7 Å². The summed E-state index contributed by atoms with van der Waals surface area (Å²) in [6.45, 7) is 1.65. The molecule has 162 valence electrons. The molecule has 0 aliphatic heterocycles. The van der Waals surface area contributed by atoms with Gasteiger partial charge < -0.3 is 9.13 Å². The molecule has 1 N–H and O–H groups in total. The molecule has 0 fully saturated rings. The van der Waals surface area contributed by atoms with Gasteiger partial charge in [0.05, 0.1) is 11.0 Å². The number of hydrogen-bond donors (Lipinski definition) is 1. The van der Waals surface area contributed by atoms with Crippen molar-refractivity contribution in [1.82, 2.24) is 9.13 Å². The Morgan fingerprint density at radius 2 is 1.00 bits per heavy atom. The number of aromatic nitrogens is 2. The first kappa shape index (κ1) is 23.9. The molecule has 0 spiro atoms. The van der Waals surface area contributed by atoms with Crippen LogP contribution in [0.1, 0.15) is 24.0 Å². The highest BCUT2D eigenvalue weighted by Gasteiger charge is 2.10. The lowest BCUT2D eigenvalue weighted by Crippen LogP contribution is -2.25. The normalized spacial score (nSPS) is 10.9. The number of rotatable bonds is 8. The van der Waals surface area contributed by atoms with E-state index >= 15 is 0 Å². The first-order valence-corrected chi connectivity index (χ1v) is 11.1. The second kappa shape index (κ2) is 11.2. The summed E-state index contributed by atoms with van der Waals surface area (Å²) in [7, 11) is 0. The van der Waals surface area contributed by atoms with Gasteiger partial charge in [0.15, 0.2) is 0 Å². The minimum Gasteiger partial charge on any atom is -0.310 e. The van der Waals surface area contributed by atoms with E-state index in [9.17, 15) is 0 Å². The molecule has 0 unspecified atom stereocenters. The van der Waals surface area contributed by atoms with Gasteiger partial charge in [-0.2, -0.15) is 0 Å². The van der Waals surface area contributed by atoms with Gasteiger partial charge in [0.25, 0.3) is 0 Å². The summed E-state index contributed by atoms with van der Waals surface area (Å²) < 4.78 is 4.26. The van der Waals surface area contributed by atoms with E-state index in [4.69, 9.17) is 28.6 Å². The Bertz CT molecular complexity index is 1090. The van der Waals surface area contributed by atoms with Crippen LogP contribution < -0.4 is 5.62 Å². The molecule has 0 radical (unpaired) electrons. The Hall–Kier alpha value is -1.76. The zero-order valence-corrected chi connectivity index (χ0v) is 21.1. The fourth-order valence-electron chi connectivity index (χ4n) is 3.93. The summed E-state index contributed by atoms with van der Waals surface area (Å²) in [4.78, 5) is 0. The number of imidazole rings is 1. The van der Waals surface area contributed by atoms with Crippen molar-refractivity contribution in [1.29, 1.82) is 5.41 Å². The van der Waals surface area contributed by atoms with Crippen LogP contribution >= 0.6 is 47.2 Å². The van der Waals surface area contributed by atoms with Crippen molar-refractivity contribution in [3.63, 3.8) is 0 Å². The maximum absolute atomic E-state index is 8.79. The van der Waals surface area contributed by atoms with Crippen LogP contribution in [-0.2, 0) is 25.9 Å². The molecule has 1 aromatic heterocycles. The Morgan fingerprint density at radius 1 is 0.613 bits per heavy atom. The molecule has 0 aliphatic carbocycles. The Kier molecular flexibility index (Phi) is 8.64. The van der Waals surface area contributed by atoms with Crippen molar-refractivity contribution in [2.24, 2.45) is 0 Å². The summed E-state index contributed by atoms with van der Waals surface area (Å²) in [5.74, 6) is 0. The first-order chi connectivity index (χ1) is 14.6. The zero-order valence-electron chi connectivity index (χ0n) is 17.2. The maximum atomic E-state index is 8.79. The highest BCUT2D eigenvalue weighted by molar-refractivity contribution is 14.0. The summed E-state index contributed by atoms with van der Waals surface area (Å²) in [5.41, 5.74) is 5.38. The predicted octanol–water partition coefficient (Wildman–Crippen LogP) is 7.11. The van der Waals surface area contributed by atoms with Gasteiger partial charge in [-0.1, -0.05) is 59.6 Å². The van der Waals surface area contributed by atoms with Gasteiger partial charge in [-0.3, -0.25) is 5.41 Å². The van der Waals surface area contributed by atoms with Crippen molar-refractivity contribution in [3.05, 3.63) is 99.6 Å². The molecule has 6 heteroatoms. The molecule has 4 aromatic rings. The average molecular weight is 566 g/mol. The average Bonchev–Trinajstić information content (AvgIpc) is 3.02. The molecule has 4 rings (SSSR count). The van der Waals surface area contributed by atoms with E-state index in [-0.39, 0.29) is 24.0 Å². The lowest BCUT2D eigenvalue weighted by atomic mass is 10.1. The second-order valence-electron chi connectivity index (χ2n) is 7.58. The van der Waals surface area contributed by atoms with Crippen LogP contribution in [0, 0.1) is 5.41 Å². The van der Waals surface area contributed by atoms with Crippen molar-refractivity contribution < 1.29 is 0 Å². The minimum absolute atomic E-state index is 0. The van der Waals surface area contributed by atoms with E-state index in [0.29, 0.717) is 5.62 Å². The first-order valence-electron chi connectivity index (χ1n) is 10.3. The molecule has 0 amide bonds. The SMILES string of the molecule is I.N=c1n(CCCc2ccc(Cl)cc2)c2ccccc2n1CCCc1ccc(Cl)cc1. The third-order valence-corrected chi connectivity index (χ3v) is 6.00. The predicted molar refractivity (Wildman–Crippen MR) is 141 cm³/mol. The molecule has 1 heterocycles. The fourth-order valence-corrected chi connectivity index (χ4v) is 4.18. The summed E-state index contributed by atoms with van der Waals surface area (Å²) in [6, 6.07) is 24.4. The van der Waals surface area contributed by atoms with Gasteiger partial charge in [0.2, 0.25) is 5.62 Å². The number of benzene rings is 3. The number of aryl methyl sites for hydroxylation is 4. The van der Waals surface area contributed by atoms with Gasteiger partial charge in [-0.25, -0.2) is 0 Å². The Balaban J connectivity index is 0.00000272. The van der Waals surface area contributed by atoms with Crippen LogP contribution in [0.5, 0.6) is 0 Å². The van der Waals surface area contributed by atoms with Gasteiger partial charge in [-0.05, 0) is 73.2 Å². The number of para-hydroxylation sites is 2. The zero-order chi connectivity index (χ0) is 20.9. The lowest BCUT2D eigenvalue weighted by molar-refractivity contribution is 0.561. The molecule has 3 nitrogen and oxygen atoms in total. The van der Waals surface area contributed by atoms with Crippen molar-refractivity contribution in [2.45, 2.75) is 38.8 Å². The van der Waals surface area contributed by atoms with Gasteiger partial charge in [0, 0.05) is 23.1 Å². The van der Waals surface area contributed by atoms with E-state index in [0.717, 1.165) is 59.9 Å². The topological polar surface area (TPSA) is 33.7 Å². The highest BCUT2D eigenvalue weighted by atomic mass is 127. The van der Waals surface area contributed by atoms with E-state index in [1.165, 1.54) is 11.1 Å². The number of nitrogens with zero attached hydrogens (tertiary/aromatic N) is 2. The van der Waals surface area contributed by atoms with Crippen LogP contribution in [0.15, 0.2) is 72.8 Å². The monoisotopic (exact) mass is 565 g/mol. The van der Waals surface area contributed by atoms with E-state index < -0.39 is 0 Å². The van der Waals surface area contributed by atoms with Crippen LogP contribution in [0.25, 0.3) is 11.0 Å². The van der Waals surface area contributed by atoms with Crippen molar-refractivity contribution >= 4 is 58.2 Å². The molecule has 0 atom stereocenters. The van der Waals surface area contributed by atoms with Crippen molar-refractivity contribution in [2.75, 3.05) is 0 Å². The second-order valence-corrected chi connectivity index (χ2v) is 8.45. The Labute approximate surface area is 210 Å². The van der Waals surface area contributed by atoms with Gasteiger partial charge in [0.1, 0.15) is 0 Å². The highest BCUT2D eigenvalue weighted by Crippen LogP contribution is 2.16. The molecular formula is C25H26Cl2IN3. The van der Waals surface area contributed by atoms with Gasteiger partial charge >= 0.3 is 0 Å². The molecule has 3 aromatic carbocycles. The lowest BCUT2D eigenvalue weighted by Gasteiger charge is -2.06. The third-order valence-electron chi connectivity index (χ3n) is 5.50. The number of fused-ring (bicyclic) bond motifs is 1. The number of halogens is 3. The van der Waals surface area contributed by atoms with Crippen LogP contribution in [-0.4, -0.2) is 9.13 Å². The summed E-state index contributed by atoms with van der Waals surface area (Å²) in [6.07, 6.45) is 3.91. The maximum Gasteiger partial charge on any atom is 0.202 e. The Morgan fingerprint density at radius 3 is 1.39 bits per heavy atom. The quantitative estimate of drug-likeness (QED) is 0.221. The summed E-state index contributed by atoms with van der Waals surface area (Å²) >= 11 is 12.0. The number of hydrogen-bond acceptors (Lipinski definition) is 1. The molecule has 0 saturated carbocycles. The summed E-state index contributed by atoms with van der Waals surface area (Å²) in [5, 5.41) is 10.3. The van der Waals surface area contributed by atoms with Crippen LogP contribution in [0.2, 0.25) is 10.0 Å². The van der Waals surface area contributed by atoms with Crippen molar-refractivity contribution in [3.8, 4) is 0 Å².